The molecule has 0 aromatic carbocycles. The molecule has 1 aliphatic carbocycles. The van der Waals surface area contributed by atoms with Gasteiger partial charge in [0.1, 0.15) is 10.7 Å². The Morgan fingerprint density at radius 1 is 1.40 bits per heavy atom. The van der Waals surface area contributed by atoms with Gasteiger partial charge in [-0.15, -0.1) is 0 Å². The maximum Gasteiger partial charge on any atom is 0.411 e. The number of halogens is 4. The van der Waals surface area contributed by atoms with E-state index in [-0.39, 0.29) is 29.5 Å². The van der Waals surface area contributed by atoms with Crippen LogP contribution in [0.1, 0.15) is 48.7 Å². The highest BCUT2D eigenvalue weighted by atomic mass is 35.5. The molecule has 20 heavy (non-hydrogen) atoms. The number of nitrogens with one attached hydrogen (secondary N) is 1. The van der Waals surface area contributed by atoms with Crippen LogP contribution in [0.2, 0.25) is 5.15 Å². The highest BCUT2D eigenvalue weighted by molar-refractivity contribution is 6.29. The Morgan fingerprint density at radius 3 is 2.45 bits per heavy atom. The summed E-state index contributed by atoms with van der Waals surface area (Å²) in [5.41, 5.74) is -1.40. The van der Waals surface area contributed by atoms with Crippen molar-refractivity contribution in [3.8, 4) is 0 Å². The van der Waals surface area contributed by atoms with Crippen LogP contribution in [0.25, 0.3) is 0 Å². The molecule has 0 radical (unpaired) electrons. The number of hydrogen-bond acceptors (Lipinski definition) is 2. The van der Waals surface area contributed by atoms with Crippen molar-refractivity contribution in [2.24, 2.45) is 0 Å². The van der Waals surface area contributed by atoms with Gasteiger partial charge in [0.15, 0.2) is 0 Å². The van der Waals surface area contributed by atoms with Crippen molar-refractivity contribution in [2.45, 2.75) is 44.3 Å². The lowest BCUT2D eigenvalue weighted by Crippen LogP contribution is -2.47. The van der Waals surface area contributed by atoms with Crippen molar-refractivity contribution in [1.82, 2.24) is 10.3 Å². The van der Waals surface area contributed by atoms with Gasteiger partial charge >= 0.3 is 6.18 Å². The Bertz CT molecular complexity index is 539. The van der Waals surface area contributed by atoms with Crippen LogP contribution < -0.4 is 5.32 Å². The molecular formula is C13H14ClF3N2O. The average molecular weight is 307 g/mol. The van der Waals surface area contributed by atoms with Gasteiger partial charge in [-0.25, -0.2) is 4.98 Å². The summed E-state index contributed by atoms with van der Waals surface area (Å²) in [5.74, 6) is -0.747. The summed E-state index contributed by atoms with van der Waals surface area (Å²) in [7, 11) is 0. The van der Waals surface area contributed by atoms with E-state index in [4.69, 9.17) is 11.6 Å². The highest BCUT2D eigenvalue weighted by Crippen LogP contribution is 2.49. The van der Waals surface area contributed by atoms with Crippen molar-refractivity contribution in [1.29, 1.82) is 0 Å². The fourth-order valence-corrected chi connectivity index (χ4v) is 2.05. The Balaban J connectivity index is 2.22. The van der Waals surface area contributed by atoms with Gasteiger partial charge in [0.25, 0.3) is 5.91 Å². The van der Waals surface area contributed by atoms with E-state index in [9.17, 15) is 18.0 Å². The van der Waals surface area contributed by atoms with Gasteiger partial charge in [-0.3, -0.25) is 4.79 Å². The lowest BCUT2D eigenvalue weighted by molar-refractivity contribution is -0.163. The van der Waals surface area contributed by atoms with Gasteiger partial charge in [-0.05, 0) is 30.9 Å². The fourth-order valence-electron chi connectivity index (χ4n) is 1.84. The second-order valence-corrected chi connectivity index (χ2v) is 5.68. The minimum absolute atomic E-state index is 0.0257. The molecule has 1 N–H and O–H groups in total. The molecule has 3 nitrogen and oxygen atoms in total. The lowest BCUT2D eigenvalue weighted by Gasteiger charge is -2.21. The number of carbonyl (C=O) groups excluding carboxylic acids is 1. The van der Waals surface area contributed by atoms with Crippen molar-refractivity contribution in [3.05, 3.63) is 28.5 Å². The van der Waals surface area contributed by atoms with Crippen LogP contribution in [0.15, 0.2) is 12.1 Å². The summed E-state index contributed by atoms with van der Waals surface area (Å²) in [4.78, 5) is 16.0. The number of nitrogens with zero attached hydrogens (tertiary/aromatic N) is 1. The molecule has 7 heteroatoms. The van der Waals surface area contributed by atoms with Crippen LogP contribution in [0.5, 0.6) is 0 Å². The second kappa shape index (κ2) is 4.91. The van der Waals surface area contributed by atoms with Crippen LogP contribution >= 0.6 is 11.6 Å². The van der Waals surface area contributed by atoms with Gasteiger partial charge < -0.3 is 5.32 Å². The van der Waals surface area contributed by atoms with Crippen molar-refractivity contribution < 1.29 is 18.0 Å². The van der Waals surface area contributed by atoms with Crippen molar-refractivity contribution in [3.63, 3.8) is 0 Å². The summed E-state index contributed by atoms with van der Waals surface area (Å²) in [5, 5.41) is 2.16. The topological polar surface area (TPSA) is 42.0 Å². The third-order valence-corrected chi connectivity index (χ3v) is 3.51. The molecule has 0 spiro atoms. The molecule has 1 amide bonds. The molecule has 110 valence electrons. The summed E-state index contributed by atoms with van der Waals surface area (Å²) in [6, 6.07) is 2.74. The first-order valence-corrected chi connectivity index (χ1v) is 6.59. The zero-order chi connectivity index (χ0) is 15.1. The number of pyridine rings is 1. The van der Waals surface area contributed by atoms with Crippen LogP contribution in [0.3, 0.4) is 0 Å². The Morgan fingerprint density at radius 2 is 2.00 bits per heavy atom. The van der Waals surface area contributed by atoms with Crippen molar-refractivity contribution in [2.75, 3.05) is 0 Å². The van der Waals surface area contributed by atoms with E-state index in [1.165, 1.54) is 12.1 Å². The summed E-state index contributed by atoms with van der Waals surface area (Å²) >= 11 is 5.80. The number of amides is 1. The number of rotatable bonds is 3. The van der Waals surface area contributed by atoms with Crippen LogP contribution in [-0.2, 0) is 0 Å². The summed E-state index contributed by atoms with van der Waals surface area (Å²) in [6.07, 6.45) is -4.60. The Kier molecular flexibility index (Phi) is 3.71. The standard InChI is InChI=1S/C13H14ClF3N2O/c1-7(2)9-5-8(6-10(14)18-9)11(20)19-12(3-4-12)13(15,16)17/h5-7H,3-4H2,1-2H3,(H,19,20). The van der Waals surface area contributed by atoms with Crippen LogP contribution in [-0.4, -0.2) is 22.6 Å². The lowest BCUT2D eigenvalue weighted by atomic mass is 10.1. The molecule has 2 rings (SSSR count). The van der Waals surface area contributed by atoms with E-state index >= 15 is 0 Å². The third-order valence-electron chi connectivity index (χ3n) is 3.31. The van der Waals surface area contributed by atoms with Gasteiger partial charge in [0.2, 0.25) is 0 Å². The van der Waals surface area contributed by atoms with Crippen LogP contribution in [0, 0.1) is 0 Å². The fraction of sp³-hybridized carbons (Fsp3) is 0.538. The first-order chi connectivity index (χ1) is 9.14. The van der Waals surface area contributed by atoms with Crippen LogP contribution in [0.4, 0.5) is 13.2 Å². The second-order valence-electron chi connectivity index (χ2n) is 5.29. The molecule has 0 bridgehead atoms. The third kappa shape index (κ3) is 2.90. The molecule has 0 aliphatic heterocycles. The van der Waals surface area contributed by atoms with E-state index in [0.29, 0.717) is 5.69 Å². The van der Waals surface area contributed by atoms with Crippen molar-refractivity contribution >= 4 is 17.5 Å². The van der Waals surface area contributed by atoms with E-state index in [1.807, 2.05) is 13.8 Å². The van der Waals surface area contributed by atoms with E-state index in [1.54, 1.807) is 0 Å². The molecular weight excluding hydrogens is 293 g/mol. The molecule has 0 atom stereocenters. The van der Waals surface area contributed by atoms with E-state index in [0.717, 1.165) is 0 Å². The molecule has 1 aromatic heterocycles. The maximum absolute atomic E-state index is 12.8. The molecule has 0 saturated heterocycles. The zero-order valence-corrected chi connectivity index (χ0v) is 11.8. The molecule has 1 fully saturated rings. The summed E-state index contributed by atoms with van der Waals surface area (Å²) < 4.78 is 38.4. The molecule has 1 aromatic rings. The Hall–Kier alpha value is -1.30. The van der Waals surface area contributed by atoms with Gasteiger partial charge in [0, 0.05) is 11.3 Å². The predicted molar refractivity (Wildman–Crippen MR) is 68.8 cm³/mol. The quantitative estimate of drug-likeness (QED) is 0.866. The first kappa shape index (κ1) is 15.1. The molecule has 1 saturated carbocycles. The zero-order valence-electron chi connectivity index (χ0n) is 11.0. The smallest absolute Gasteiger partial charge is 0.338 e. The average Bonchev–Trinajstić information content (AvgIpc) is 3.08. The van der Waals surface area contributed by atoms with Gasteiger partial charge in [-0.1, -0.05) is 25.4 Å². The Labute approximate surface area is 119 Å². The maximum atomic E-state index is 12.8. The normalized spacial score (nSPS) is 17.1. The number of hydrogen-bond donors (Lipinski definition) is 1. The number of aromatic nitrogens is 1. The molecule has 1 aliphatic rings. The molecule has 1 heterocycles. The number of alkyl halides is 3. The SMILES string of the molecule is CC(C)c1cc(C(=O)NC2(C(F)(F)F)CC2)cc(Cl)n1. The minimum Gasteiger partial charge on any atom is -0.338 e. The monoisotopic (exact) mass is 306 g/mol. The van der Waals surface area contributed by atoms with Gasteiger partial charge in [0.05, 0.1) is 0 Å². The van der Waals surface area contributed by atoms with Gasteiger partial charge in [-0.2, -0.15) is 13.2 Å². The number of carbonyl (C=O) groups is 1. The largest absolute Gasteiger partial charge is 0.411 e. The highest BCUT2D eigenvalue weighted by Gasteiger charge is 2.64. The first-order valence-electron chi connectivity index (χ1n) is 6.21. The summed E-state index contributed by atoms with van der Waals surface area (Å²) in [6.45, 7) is 3.72. The molecule has 0 unspecified atom stereocenters. The predicted octanol–water partition coefficient (Wildman–Crippen LogP) is 3.68. The van der Waals surface area contributed by atoms with E-state index in [2.05, 4.69) is 10.3 Å². The minimum atomic E-state index is -4.43. The van der Waals surface area contributed by atoms with E-state index < -0.39 is 17.6 Å².